The third-order valence-corrected chi connectivity index (χ3v) is 5.41. The second-order valence-electron chi connectivity index (χ2n) is 6.37. The molecule has 0 bridgehead atoms. The number of hydrogen-bond acceptors (Lipinski definition) is 3. The van der Waals surface area contributed by atoms with Crippen LogP contribution in [0.2, 0.25) is 0 Å². The van der Waals surface area contributed by atoms with Crippen LogP contribution in [0.5, 0.6) is 0 Å². The van der Waals surface area contributed by atoms with E-state index in [2.05, 4.69) is 32.1 Å². The topological polar surface area (TPSA) is 23.5 Å². The normalized spacial score (nSPS) is 29.7. The first-order valence-electron chi connectivity index (χ1n) is 7.95. The lowest BCUT2D eigenvalue weighted by atomic mass is 9.77. The summed E-state index contributed by atoms with van der Waals surface area (Å²) in [7, 11) is 2.22. The molecule has 1 fully saturated rings. The zero-order valence-corrected chi connectivity index (χ0v) is 14.1. The molecule has 0 radical (unpaired) electrons. The van der Waals surface area contributed by atoms with Crippen LogP contribution < -0.4 is 0 Å². The maximum Gasteiger partial charge on any atom is 0.0580 e. The van der Waals surface area contributed by atoms with E-state index in [-0.39, 0.29) is 6.10 Å². The van der Waals surface area contributed by atoms with Crippen LogP contribution in [-0.4, -0.2) is 47.8 Å². The van der Waals surface area contributed by atoms with E-state index in [1.165, 1.54) is 37.9 Å². The van der Waals surface area contributed by atoms with Gasteiger partial charge < -0.3 is 10.0 Å². The minimum atomic E-state index is -0.0664. The lowest BCUT2D eigenvalue weighted by Crippen LogP contribution is -2.41. The highest BCUT2D eigenvalue weighted by molar-refractivity contribution is 7.98. The molecule has 0 spiro atoms. The largest absolute Gasteiger partial charge is 0.393 e. The zero-order valence-electron chi connectivity index (χ0n) is 13.3. The summed E-state index contributed by atoms with van der Waals surface area (Å²) in [5.41, 5.74) is 0. The van der Waals surface area contributed by atoms with Crippen LogP contribution in [-0.2, 0) is 0 Å². The van der Waals surface area contributed by atoms with Crippen molar-refractivity contribution < 1.29 is 5.11 Å². The third kappa shape index (κ3) is 6.05. The maximum absolute atomic E-state index is 10.2. The molecule has 1 aliphatic carbocycles. The highest BCUT2D eigenvalue weighted by Gasteiger charge is 2.30. The van der Waals surface area contributed by atoms with E-state index in [1.807, 2.05) is 11.8 Å². The summed E-state index contributed by atoms with van der Waals surface area (Å²) >= 11 is 1.92. The lowest BCUT2D eigenvalue weighted by molar-refractivity contribution is 0.0241. The SMILES string of the molecule is CCCC1CCC(O)C(CN(C)C(C)CCSC)C1. The van der Waals surface area contributed by atoms with Crippen LogP contribution in [0.4, 0.5) is 0 Å². The lowest BCUT2D eigenvalue weighted by Gasteiger charge is -2.37. The molecule has 0 heterocycles. The molecule has 3 heteroatoms. The van der Waals surface area contributed by atoms with Gasteiger partial charge in [-0.1, -0.05) is 19.8 Å². The van der Waals surface area contributed by atoms with E-state index >= 15 is 0 Å². The Hall–Kier alpha value is 0.270. The Labute approximate surface area is 124 Å². The van der Waals surface area contributed by atoms with Crippen LogP contribution in [0.15, 0.2) is 0 Å². The van der Waals surface area contributed by atoms with Gasteiger partial charge in [0, 0.05) is 12.6 Å². The molecule has 0 amide bonds. The predicted octanol–water partition coefficient (Wildman–Crippen LogP) is 3.64. The Morgan fingerprint density at radius 1 is 1.37 bits per heavy atom. The smallest absolute Gasteiger partial charge is 0.0580 e. The molecule has 2 nitrogen and oxygen atoms in total. The monoisotopic (exact) mass is 287 g/mol. The first-order valence-corrected chi connectivity index (χ1v) is 9.35. The second-order valence-corrected chi connectivity index (χ2v) is 7.35. The van der Waals surface area contributed by atoms with Crippen molar-refractivity contribution in [2.45, 2.75) is 64.5 Å². The average molecular weight is 288 g/mol. The highest BCUT2D eigenvalue weighted by atomic mass is 32.2. The first-order chi connectivity index (χ1) is 9.08. The molecule has 0 saturated heterocycles. The van der Waals surface area contributed by atoms with Crippen LogP contribution >= 0.6 is 11.8 Å². The molecule has 0 aromatic rings. The number of thioether (sulfide) groups is 1. The van der Waals surface area contributed by atoms with Gasteiger partial charge in [-0.3, -0.25) is 0 Å². The van der Waals surface area contributed by atoms with Crippen molar-refractivity contribution in [3.05, 3.63) is 0 Å². The summed E-state index contributed by atoms with van der Waals surface area (Å²) in [6, 6.07) is 0.631. The van der Waals surface area contributed by atoms with E-state index in [0.29, 0.717) is 12.0 Å². The summed E-state index contributed by atoms with van der Waals surface area (Å²) < 4.78 is 0. The fourth-order valence-electron chi connectivity index (χ4n) is 3.27. The van der Waals surface area contributed by atoms with Crippen molar-refractivity contribution in [1.82, 2.24) is 4.90 Å². The second kappa shape index (κ2) is 9.25. The molecule has 0 aliphatic heterocycles. The fourth-order valence-corrected chi connectivity index (χ4v) is 3.85. The summed E-state index contributed by atoms with van der Waals surface area (Å²) in [5.74, 6) is 2.58. The summed E-state index contributed by atoms with van der Waals surface area (Å²) in [6.45, 7) is 5.66. The summed E-state index contributed by atoms with van der Waals surface area (Å²) in [4.78, 5) is 2.46. The Kier molecular flexibility index (Phi) is 8.43. The summed E-state index contributed by atoms with van der Waals surface area (Å²) in [6.07, 6.45) is 9.46. The first kappa shape index (κ1) is 17.3. The van der Waals surface area contributed by atoms with Crippen molar-refractivity contribution in [2.75, 3.05) is 25.6 Å². The number of nitrogens with zero attached hydrogens (tertiary/aromatic N) is 1. The van der Waals surface area contributed by atoms with Crippen molar-refractivity contribution in [1.29, 1.82) is 0 Å². The van der Waals surface area contributed by atoms with Crippen molar-refractivity contribution in [2.24, 2.45) is 11.8 Å². The Balaban J connectivity index is 2.39. The van der Waals surface area contributed by atoms with Gasteiger partial charge >= 0.3 is 0 Å². The molecule has 4 atom stereocenters. The molecule has 4 unspecified atom stereocenters. The van der Waals surface area contributed by atoms with Crippen LogP contribution in [0.25, 0.3) is 0 Å². The van der Waals surface area contributed by atoms with Gasteiger partial charge in [0.05, 0.1) is 6.10 Å². The molecule has 1 rings (SSSR count). The van der Waals surface area contributed by atoms with Gasteiger partial charge in [-0.05, 0) is 63.5 Å². The van der Waals surface area contributed by atoms with Gasteiger partial charge in [0.1, 0.15) is 0 Å². The van der Waals surface area contributed by atoms with Crippen molar-refractivity contribution >= 4 is 11.8 Å². The number of aliphatic hydroxyl groups excluding tert-OH is 1. The third-order valence-electron chi connectivity index (χ3n) is 4.76. The molecule has 1 aliphatic rings. The van der Waals surface area contributed by atoms with E-state index in [4.69, 9.17) is 0 Å². The van der Waals surface area contributed by atoms with Gasteiger partial charge in [0.2, 0.25) is 0 Å². The minimum Gasteiger partial charge on any atom is -0.393 e. The Morgan fingerprint density at radius 3 is 2.74 bits per heavy atom. The number of rotatable bonds is 8. The van der Waals surface area contributed by atoms with Gasteiger partial charge in [0.25, 0.3) is 0 Å². The molecule has 1 saturated carbocycles. The van der Waals surface area contributed by atoms with Crippen molar-refractivity contribution in [3.63, 3.8) is 0 Å². The van der Waals surface area contributed by atoms with Gasteiger partial charge in [-0.2, -0.15) is 11.8 Å². The van der Waals surface area contributed by atoms with E-state index in [9.17, 15) is 5.11 Å². The highest BCUT2D eigenvalue weighted by Crippen LogP contribution is 2.32. The molecule has 114 valence electrons. The van der Waals surface area contributed by atoms with E-state index in [1.54, 1.807) is 0 Å². The maximum atomic E-state index is 10.2. The molecule has 0 aromatic heterocycles. The summed E-state index contributed by atoms with van der Waals surface area (Å²) in [5, 5.41) is 10.2. The zero-order chi connectivity index (χ0) is 14.3. The quantitative estimate of drug-likeness (QED) is 0.737. The molecular weight excluding hydrogens is 254 g/mol. The van der Waals surface area contributed by atoms with E-state index in [0.717, 1.165) is 18.9 Å². The molecule has 19 heavy (non-hydrogen) atoms. The Bertz CT molecular complexity index is 237. The fraction of sp³-hybridized carbons (Fsp3) is 1.00. The van der Waals surface area contributed by atoms with Crippen LogP contribution in [0.1, 0.15) is 52.4 Å². The number of aliphatic hydroxyl groups is 1. The van der Waals surface area contributed by atoms with Crippen LogP contribution in [0, 0.1) is 11.8 Å². The average Bonchev–Trinajstić information content (AvgIpc) is 2.40. The van der Waals surface area contributed by atoms with E-state index < -0.39 is 0 Å². The van der Waals surface area contributed by atoms with Crippen LogP contribution in [0.3, 0.4) is 0 Å². The predicted molar refractivity (Wildman–Crippen MR) is 86.8 cm³/mol. The number of hydrogen-bond donors (Lipinski definition) is 1. The minimum absolute atomic E-state index is 0.0664. The Morgan fingerprint density at radius 2 is 2.11 bits per heavy atom. The van der Waals surface area contributed by atoms with Gasteiger partial charge in [0.15, 0.2) is 0 Å². The van der Waals surface area contributed by atoms with Gasteiger partial charge in [-0.25, -0.2) is 0 Å². The van der Waals surface area contributed by atoms with Crippen molar-refractivity contribution in [3.8, 4) is 0 Å². The van der Waals surface area contributed by atoms with Gasteiger partial charge in [-0.15, -0.1) is 0 Å². The molecular formula is C16H33NOS. The molecule has 0 aromatic carbocycles. The molecule has 1 N–H and O–H groups in total. The standard InChI is InChI=1S/C16H33NOS/c1-5-6-14-7-8-16(18)15(11-14)12-17(3)13(2)9-10-19-4/h13-16,18H,5-12H2,1-4H3.